The normalized spacial score (nSPS) is 30.0. The van der Waals surface area contributed by atoms with Crippen molar-refractivity contribution in [3.05, 3.63) is 76.9 Å². The van der Waals surface area contributed by atoms with E-state index in [0.29, 0.717) is 12.0 Å². The van der Waals surface area contributed by atoms with Gasteiger partial charge in [0.25, 0.3) is 5.91 Å². The molecule has 2 aromatic carbocycles. The van der Waals surface area contributed by atoms with Crippen LogP contribution in [0.15, 0.2) is 54.6 Å². The number of piperidine rings is 1. The summed E-state index contributed by atoms with van der Waals surface area (Å²) < 4.78 is 37.2. The Morgan fingerprint density at radius 1 is 1.14 bits per heavy atom. The minimum absolute atomic E-state index is 0.00651. The third kappa shape index (κ3) is 4.48. The summed E-state index contributed by atoms with van der Waals surface area (Å²) in [7, 11) is 0. The van der Waals surface area contributed by atoms with Crippen LogP contribution in [-0.4, -0.2) is 54.4 Å². The molecule has 4 atom stereocenters. The minimum Gasteiger partial charge on any atom is -0.395 e. The fraction of sp³-hybridized carbons (Fsp3) is 0.483. The van der Waals surface area contributed by atoms with Crippen molar-refractivity contribution in [2.24, 2.45) is 5.92 Å². The third-order valence-electron chi connectivity index (χ3n) is 8.83. The Kier molecular flexibility index (Phi) is 6.50. The summed E-state index contributed by atoms with van der Waals surface area (Å²) in [5, 5.41) is 12.3. The monoisotopic (exact) mass is 498 g/mol. The minimum atomic E-state index is -4.45. The van der Waals surface area contributed by atoms with Gasteiger partial charge in [-0.1, -0.05) is 55.5 Å². The lowest BCUT2D eigenvalue weighted by molar-refractivity contribution is -0.123. The molecule has 2 aliphatic carbocycles. The maximum atomic E-state index is 12.4. The van der Waals surface area contributed by atoms with Gasteiger partial charge in [0, 0.05) is 29.0 Å². The molecule has 0 aromatic heterocycles. The zero-order valence-corrected chi connectivity index (χ0v) is 20.5. The molecule has 3 aliphatic rings. The van der Waals surface area contributed by atoms with Gasteiger partial charge in [-0.05, 0) is 67.0 Å². The second-order valence-electron chi connectivity index (χ2n) is 10.8. The van der Waals surface area contributed by atoms with Crippen molar-refractivity contribution in [1.29, 1.82) is 0 Å². The molecule has 2 fully saturated rings. The first kappa shape index (κ1) is 25.0. The molecule has 1 aliphatic heterocycles. The second kappa shape index (κ2) is 9.34. The fourth-order valence-electron chi connectivity index (χ4n) is 6.72. The lowest BCUT2D eigenvalue weighted by atomic mass is 9.67. The van der Waals surface area contributed by atoms with E-state index in [1.807, 2.05) is 5.32 Å². The number of halogens is 3. The number of nitrogens with one attached hydrogen (secondary N) is 1. The maximum absolute atomic E-state index is 12.4. The molecular formula is C29H33F3N2O2. The van der Waals surface area contributed by atoms with Gasteiger partial charge in [0.1, 0.15) is 6.54 Å². The number of aliphatic hydroxyl groups is 1. The van der Waals surface area contributed by atoms with Gasteiger partial charge in [-0.15, -0.1) is 0 Å². The largest absolute Gasteiger partial charge is 0.405 e. The van der Waals surface area contributed by atoms with E-state index in [2.05, 4.69) is 48.2 Å². The molecule has 1 spiro atoms. The Bertz CT molecular complexity index is 1150. The van der Waals surface area contributed by atoms with Crippen molar-refractivity contribution in [2.45, 2.75) is 55.7 Å². The number of hydrogen-bond donors (Lipinski definition) is 2. The van der Waals surface area contributed by atoms with Crippen LogP contribution >= 0.6 is 0 Å². The highest BCUT2D eigenvalue weighted by Crippen LogP contribution is 2.49. The number of likely N-dealkylation sites (tertiary alicyclic amines) is 1. The van der Waals surface area contributed by atoms with Crippen LogP contribution in [0.1, 0.15) is 59.7 Å². The number of hydrogen-bond acceptors (Lipinski definition) is 3. The van der Waals surface area contributed by atoms with Gasteiger partial charge in [-0.3, -0.25) is 4.79 Å². The lowest BCUT2D eigenvalue weighted by Gasteiger charge is -2.46. The summed E-state index contributed by atoms with van der Waals surface area (Å²) in [4.78, 5) is 14.7. The Hall–Kier alpha value is -2.64. The second-order valence-corrected chi connectivity index (χ2v) is 10.8. The van der Waals surface area contributed by atoms with Crippen LogP contribution in [0.3, 0.4) is 0 Å². The number of amides is 1. The average molecular weight is 499 g/mol. The molecule has 0 bridgehead atoms. The maximum Gasteiger partial charge on any atom is 0.405 e. The first-order valence-electron chi connectivity index (χ1n) is 12.7. The van der Waals surface area contributed by atoms with E-state index in [-0.39, 0.29) is 17.6 Å². The molecule has 36 heavy (non-hydrogen) atoms. The summed E-state index contributed by atoms with van der Waals surface area (Å²) >= 11 is 0. The molecule has 1 saturated heterocycles. The van der Waals surface area contributed by atoms with Crippen LogP contribution in [0.2, 0.25) is 0 Å². The smallest absolute Gasteiger partial charge is 0.395 e. The highest BCUT2D eigenvalue weighted by molar-refractivity contribution is 5.94. The molecule has 2 aromatic rings. The lowest BCUT2D eigenvalue weighted by Crippen LogP contribution is -2.50. The van der Waals surface area contributed by atoms with Crippen molar-refractivity contribution < 1.29 is 23.1 Å². The van der Waals surface area contributed by atoms with E-state index >= 15 is 0 Å². The SMILES string of the molecule is CC1CN(C2CCC(CO)(c3ccc(C(=O)NCC(F)(F)F)cc3)C2)CCC12C=Cc1ccccc12. The van der Waals surface area contributed by atoms with E-state index in [1.54, 1.807) is 24.3 Å². The number of benzene rings is 2. The molecule has 7 heteroatoms. The third-order valence-corrected chi connectivity index (χ3v) is 8.83. The zero-order chi connectivity index (χ0) is 25.6. The van der Waals surface area contributed by atoms with Crippen LogP contribution in [0.25, 0.3) is 6.08 Å². The number of carbonyl (C=O) groups is 1. The van der Waals surface area contributed by atoms with E-state index in [0.717, 1.165) is 44.3 Å². The molecule has 1 amide bonds. The number of rotatable bonds is 5. The summed E-state index contributed by atoms with van der Waals surface area (Å²) in [5.74, 6) is -0.273. The number of nitrogens with zero attached hydrogens (tertiary/aromatic N) is 1. The van der Waals surface area contributed by atoms with Gasteiger partial charge >= 0.3 is 6.18 Å². The number of allylic oxidation sites excluding steroid dienone is 1. The van der Waals surface area contributed by atoms with Gasteiger partial charge in [0.2, 0.25) is 0 Å². The highest BCUT2D eigenvalue weighted by Gasteiger charge is 2.47. The van der Waals surface area contributed by atoms with Crippen molar-refractivity contribution in [3.8, 4) is 0 Å². The van der Waals surface area contributed by atoms with Crippen LogP contribution < -0.4 is 5.32 Å². The summed E-state index contributed by atoms with van der Waals surface area (Å²) in [5.41, 5.74) is 3.59. The van der Waals surface area contributed by atoms with Crippen molar-refractivity contribution in [1.82, 2.24) is 10.2 Å². The van der Waals surface area contributed by atoms with Crippen molar-refractivity contribution in [3.63, 3.8) is 0 Å². The molecule has 4 nitrogen and oxygen atoms in total. The summed E-state index contributed by atoms with van der Waals surface area (Å²) in [6, 6.07) is 15.7. The highest BCUT2D eigenvalue weighted by atomic mass is 19.4. The standard InChI is InChI=1S/C29H33F3N2O2/c1-20-17-34(15-14-28(20)13-10-21-4-2-3-5-25(21)28)24-11-12-27(16-24,19-35)23-8-6-22(7-9-23)26(36)33-18-29(30,31)32/h2-10,13,20,24,35H,11-12,14-19H2,1H3,(H,33,36). The fourth-order valence-corrected chi connectivity index (χ4v) is 6.72. The summed E-state index contributed by atoms with van der Waals surface area (Å²) in [6.07, 6.45) is 3.95. The molecular weight excluding hydrogens is 465 g/mol. The van der Waals surface area contributed by atoms with Gasteiger partial charge in [0.05, 0.1) is 6.61 Å². The van der Waals surface area contributed by atoms with Crippen LogP contribution in [0, 0.1) is 5.92 Å². The number of fused-ring (bicyclic) bond motifs is 2. The molecule has 1 saturated carbocycles. The predicted octanol–water partition coefficient (Wildman–Crippen LogP) is 5.07. The van der Waals surface area contributed by atoms with Gasteiger partial charge in [0.15, 0.2) is 0 Å². The van der Waals surface area contributed by atoms with Gasteiger partial charge in [-0.2, -0.15) is 13.2 Å². The van der Waals surface area contributed by atoms with E-state index < -0.39 is 24.0 Å². The molecule has 0 radical (unpaired) electrons. The quantitative estimate of drug-likeness (QED) is 0.606. The average Bonchev–Trinajstić information content (AvgIpc) is 3.48. The molecule has 2 N–H and O–H groups in total. The zero-order valence-electron chi connectivity index (χ0n) is 20.5. The van der Waals surface area contributed by atoms with E-state index in [9.17, 15) is 23.1 Å². The van der Waals surface area contributed by atoms with E-state index in [4.69, 9.17) is 0 Å². The first-order valence-corrected chi connectivity index (χ1v) is 12.7. The number of carbonyl (C=O) groups excluding carboxylic acids is 1. The molecule has 192 valence electrons. The number of alkyl halides is 3. The first-order chi connectivity index (χ1) is 17.2. The van der Waals surface area contributed by atoms with Crippen molar-refractivity contribution >= 4 is 12.0 Å². The Balaban J connectivity index is 1.25. The van der Waals surface area contributed by atoms with Crippen LogP contribution in [0.4, 0.5) is 13.2 Å². The Morgan fingerprint density at radius 2 is 1.89 bits per heavy atom. The van der Waals surface area contributed by atoms with E-state index in [1.165, 1.54) is 11.1 Å². The summed E-state index contributed by atoms with van der Waals surface area (Å²) in [6.45, 7) is 3.01. The van der Waals surface area contributed by atoms with Crippen molar-refractivity contribution in [2.75, 3.05) is 26.2 Å². The topological polar surface area (TPSA) is 52.6 Å². The predicted molar refractivity (Wildman–Crippen MR) is 134 cm³/mol. The molecule has 5 rings (SSSR count). The molecule has 4 unspecified atom stereocenters. The molecule has 1 heterocycles. The number of aliphatic hydroxyl groups excluding tert-OH is 1. The Morgan fingerprint density at radius 3 is 2.58 bits per heavy atom. The Labute approximate surface area is 210 Å². The van der Waals surface area contributed by atoms with Gasteiger partial charge < -0.3 is 15.3 Å². The van der Waals surface area contributed by atoms with Crippen LogP contribution in [-0.2, 0) is 10.8 Å². The van der Waals surface area contributed by atoms with Gasteiger partial charge in [-0.25, -0.2) is 0 Å². The van der Waals surface area contributed by atoms with Crippen LogP contribution in [0.5, 0.6) is 0 Å².